The molecule has 2 aromatic rings. The maximum Gasteiger partial charge on any atom is 0.336 e. The largest absolute Gasteiger partial charge is 0.478 e. The van der Waals surface area contributed by atoms with Crippen LogP contribution in [0.15, 0.2) is 30.6 Å². The number of carboxylic acids is 1. The van der Waals surface area contributed by atoms with E-state index >= 15 is 0 Å². The van der Waals surface area contributed by atoms with E-state index in [2.05, 4.69) is 10.00 Å². The quantitative estimate of drug-likeness (QED) is 0.929. The van der Waals surface area contributed by atoms with Crippen molar-refractivity contribution in [2.24, 2.45) is 7.05 Å². The lowest BCUT2D eigenvalue weighted by Crippen LogP contribution is -2.38. The zero-order valence-electron chi connectivity index (χ0n) is 12.8. The van der Waals surface area contributed by atoms with Crippen LogP contribution in [0, 0.1) is 0 Å². The molecule has 0 radical (unpaired) electrons. The average Bonchev–Trinajstić information content (AvgIpc) is 2.96. The number of rotatable bonds is 4. The van der Waals surface area contributed by atoms with Gasteiger partial charge in [0, 0.05) is 43.5 Å². The van der Waals surface area contributed by atoms with Gasteiger partial charge in [0.15, 0.2) is 0 Å². The van der Waals surface area contributed by atoms with Crippen molar-refractivity contribution in [3.05, 3.63) is 52.3 Å². The Morgan fingerprint density at radius 1 is 1.52 bits per heavy atom. The molecule has 6 nitrogen and oxygen atoms in total. The summed E-state index contributed by atoms with van der Waals surface area (Å²) in [5, 5.41) is 14.0. The first-order valence-electron chi connectivity index (χ1n) is 7.38. The number of hydrogen-bond donors (Lipinski definition) is 1. The smallest absolute Gasteiger partial charge is 0.336 e. The van der Waals surface area contributed by atoms with Gasteiger partial charge in [-0.05, 0) is 17.7 Å². The predicted molar refractivity (Wildman–Crippen MR) is 85.6 cm³/mol. The van der Waals surface area contributed by atoms with Gasteiger partial charge in [0.25, 0.3) is 0 Å². The summed E-state index contributed by atoms with van der Waals surface area (Å²) in [7, 11) is 1.87. The molecule has 0 bridgehead atoms. The molecule has 2 heterocycles. The lowest BCUT2D eigenvalue weighted by molar-refractivity contribution is -0.0330. The standard InChI is InChI=1S/C16H18ClN3O3/c1-19-8-11(7-18-19)15-10-20(5-6-23-15)9-13-12(16(21)22)3-2-4-14(13)17/h2-4,7-8,15H,5-6,9-10H2,1H3,(H,21,22). The number of hydrogen-bond acceptors (Lipinski definition) is 4. The molecule has 1 saturated heterocycles. The van der Waals surface area contributed by atoms with E-state index in [1.807, 2.05) is 13.2 Å². The third-order valence-corrected chi connectivity index (χ3v) is 4.33. The van der Waals surface area contributed by atoms with Gasteiger partial charge >= 0.3 is 5.97 Å². The van der Waals surface area contributed by atoms with Gasteiger partial charge in [-0.25, -0.2) is 4.79 Å². The second-order valence-electron chi connectivity index (χ2n) is 5.61. The van der Waals surface area contributed by atoms with E-state index in [9.17, 15) is 9.90 Å². The first kappa shape index (κ1) is 16.0. The van der Waals surface area contributed by atoms with E-state index in [1.165, 1.54) is 0 Å². The predicted octanol–water partition coefficient (Wildman–Crippen LogP) is 2.35. The summed E-state index contributed by atoms with van der Waals surface area (Å²) < 4.78 is 7.55. The maximum absolute atomic E-state index is 11.4. The molecule has 0 aliphatic carbocycles. The van der Waals surface area contributed by atoms with Crippen LogP contribution in [0.5, 0.6) is 0 Å². The van der Waals surface area contributed by atoms with Crippen LogP contribution >= 0.6 is 11.6 Å². The Kier molecular flexibility index (Phi) is 4.66. The summed E-state index contributed by atoms with van der Waals surface area (Å²) in [5.41, 5.74) is 1.92. The topological polar surface area (TPSA) is 67.6 Å². The van der Waals surface area contributed by atoms with Crippen molar-refractivity contribution in [1.82, 2.24) is 14.7 Å². The molecule has 1 fully saturated rings. The highest BCUT2D eigenvalue weighted by Gasteiger charge is 2.25. The number of carbonyl (C=O) groups is 1. The molecule has 0 spiro atoms. The van der Waals surface area contributed by atoms with Gasteiger partial charge in [0.1, 0.15) is 0 Å². The minimum Gasteiger partial charge on any atom is -0.478 e. The van der Waals surface area contributed by atoms with Crippen LogP contribution in [0.25, 0.3) is 0 Å². The number of benzene rings is 1. The van der Waals surface area contributed by atoms with E-state index in [1.54, 1.807) is 29.1 Å². The third kappa shape index (κ3) is 3.55. The van der Waals surface area contributed by atoms with Crippen molar-refractivity contribution in [3.63, 3.8) is 0 Å². The molecular formula is C16H18ClN3O3. The summed E-state index contributed by atoms with van der Waals surface area (Å²) in [6.07, 6.45) is 3.67. The summed E-state index contributed by atoms with van der Waals surface area (Å²) in [6.45, 7) is 2.49. The lowest BCUT2D eigenvalue weighted by atomic mass is 10.1. The maximum atomic E-state index is 11.4. The second kappa shape index (κ2) is 6.70. The highest BCUT2D eigenvalue weighted by atomic mass is 35.5. The Labute approximate surface area is 139 Å². The normalized spacial score (nSPS) is 19.0. The van der Waals surface area contributed by atoms with E-state index in [4.69, 9.17) is 16.3 Å². The molecule has 23 heavy (non-hydrogen) atoms. The van der Waals surface area contributed by atoms with Crippen molar-refractivity contribution < 1.29 is 14.6 Å². The fourth-order valence-corrected chi connectivity index (χ4v) is 3.03. The molecule has 1 aromatic carbocycles. The van der Waals surface area contributed by atoms with E-state index in [-0.39, 0.29) is 11.7 Å². The number of aryl methyl sites for hydroxylation is 1. The van der Waals surface area contributed by atoms with Crippen molar-refractivity contribution in [3.8, 4) is 0 Å². The molecule has 1 N–H and O–H groups in total. The number of halogens is 1. The van der Waals surface area contributed by atoms with Crippen LogP contribution in [0.2, 0.25) is 5.02 Å². The van der Waals surface area contributed by atoms with Crippen LogP contribution in [-0.4, -0.2) is 45.5 Å². The number of nitrogens with zero attached hydrogens (tertiary/aromatic N) is 3. The van der Waals surface area contributed by atoms with Crippen LogP contribution in [0.3, 0.4) is 0 Å². The van der Waals surface area contributed by atoms with Crippen molar-refractivity contribution in [2.75, 3.05) is 19.7 Å². The monoisotopic (exact) mass is 335 g/mol. The first-order valence-corrected chi connectivity index (χ1v) is 7.75. The van der Waals surface area contributed by atoms with E-state index in [0.717, 1.165) is 12.1 Å². The van der Waals surface area contributed by atoms with Gasteiger partial charge in [-0.2, -0.15) is 5.10 Å². The van der Waals surface area contributed by atoms with Crippen molar-refractivity contribution in [2.45, 2.75) is 12.6 Å². The highest BCUT2D eigenvalue weighted by Crippen LogP contribution is 2.26. The first-order chi connectivity index (χ1) is 11.0. The average molecular weight is 336 g/mol. The molecule has 1 aliphatic heterocycles. The molecule has 1 atom stereocenters. The Morgan fingerprint density at radius 2 is 2.35 bits per heavy atom. The van der Waals surface area contributed by atoms with Gasteiger partial charge in [-0.3, -0.25) is 9.58 Å². The number of carboxylic acid groups (broad SMARTS) is 1. The minimum absolute atomic E-state index is 0.0618. The summed E-state index contributed by atoms with van der Waals surface area (Å²) in [5.74, 6) is -0.959. The van der Waals surface area contributed by atoms with E-state index < -0.39 is 5.97 Å². The molecule has 3 rings (SSSR count). The highest BCUT2D eigenvalue weighted by molar-refractivity contribution is 6.31. The molecule has 122 valence electrons. The van der Waals surface area contributed by atoms with Crippen molar-refractivity contribution >= 4 is 17.6 Å². The number of aromatic carboxylic acids is 1. The fourth-order valence-electron chi connectivity index (χ4n) is 2.80. The molecule has 1 aliphatic rings. The van der Waals surface area contributed by atoms with Gasteiger partial charge in [-0.1, -0.05) is 17.7 Å². The van der Waals surface area contributed by atoms with Gasteiger partial charge in [-0.15, -0.1) is 0 Å². The molecule has 7 heteroatoms. The van der Waals surface area contributed by atoms with Crippen LogP contribution in [-0.2, 0) is 18.3 Å². The lowest BCUT2D eigenvalue weighted by Gasteiger charge is -2.33. The summed E-state index contributed by atoms with van der Waals surface area (Å²) >= 11 is 6.21. The summed E-state index contributed by atoms with van der Waals surface area (Å²) in [4.78, 5) is 13.6. The molecule has 0 amide bonds. The molecule has 0 saturated carbocycles. The van der Waals surface area contributed by atoms with Crippen molar-refractivity contribution in [1.29, 1.82) is 0 Å². The van der Waals surface area contributed by atoms with Crippen LogP contribution in [0.4, 0.5) is 0 Å². The SMILES string of the molecule is Cn1cc(C2CN(Cc3c(Cl)cccc3C(=O)O)CCO2)cn1. The molecule has 1 unspecified atom stereocenters. The molecular weight excluding hydrogens is 318 g/mol. The van der Waals surface area contributed by atoms with Gasteiger partial charge in [0.05, 0.1) is 24.5 Å². The zero-order chi connectivity index (χ0) is 16.4. The second-order valence-corrected chi connectivity index (χ2v) is 6.02. The number of ether oxygens (including phenoxy) is 1. The molecule has 1 aromatic heterocycles. The Hall–Kier alpha value is -1.89. The Bertz CT molecular complexity index is 716. The number of aromatic nitrogens is 2. The van der Waals surface area contributed by atoms with Crippen LogP contribution < -0.4 is 0 Å². The van der Waals surface area contributed by atoms with Gasteiger partial charge in [0.2, 0.25) is 0 Å². The third-order valence-electron chi connectivity index (χ3n) is 3.98. The fraction of sp³-hybridized carbons (Fsp3) is 0.375. The van der Waals surface area contributed by atoms with E-state index in [0.29, 0.717) is 30.3 Å². The number of morpholine rings is 1. The Morgan fingerprint density at radius 3 is 3.04 bits per heavy atom. The van der Waals surface area contributed by atoms with Gasteiger partial charge < -0.3 is 9.84 Å². The Balaban J connectivity index is 1.77. The summed E-state index contributed by atoms with van der Waals surface area (Å²) in [6, 6.07) is 4.97. The minimum atomic E-state index is -0.959. The zero-order valence-corrected chi connectivity index (χ0v) is 13.5. The van der Waals surface area contributed by atoms with Crippen LogP contribution in [0.1, 0.15) is 27.6 Å².